The lowest BCUT2D eigenvalue weighted by molar-refractivity contribution is 0.135. The molecule has 0 saturated heterocycles. The van der Waals surface area contributed by atoms with E-state index in [9.17, 15) is 5.11 Å². The predicted octanol–water partition coefficient (Wildman–Crippen LogP) is 3.36. The van der Waals surface area contributed by atoms with Crippen LogP contribution < -0.4 is 0 Å². The molecule has 0 rings (SSSR count). The standard InChI is InChI=1S/C11H24O/c1-5-8-11(3,4)9-7-10(12)6-2/h10,12H,5-9H2,1-4H3. The molecule has 74 valence electrons. The molecular weight excluding hydrogens is 148 g/mol. The average molecular weight is 172 g/mol. The molecule has 0 saturated carbocycles. The minimum Gasteiger partial charge on any atom is -0.393 e. The van der Waals surface area contributed by atoms with Gasteiger partial charge in [-0.15, -0.1) is 0 Å². The highest BCUT2D eigenvalue weighted by Gasteiger charge is 2.17. The first-order chi connectivity index (χ1) is 5.52. The van der Waals surface area contributed by atoms with Crippen molar-refractivity contribution in [3.8, 4) is 0 Å². The van der Waals surface area contributed by atoms with Crippen molar-refractivity contribution in [3.05, 3.63) is 0 Å². The molecule has 1 atom stereocenters. The van der Waals surface area contributed by atoms with E-state index in [1.807, 2.05) is 6.92 Å². The monoisotopic (exact) mass is 172 g/mol. The van der Waals surface area contributed by atoms with Crippen molar-refractivity contribution in [3.63, 3.8) is 0 Å². The van der Waals surface area contributed by atoms with Gasteiger partial charge in [0.1, 0.15) is 0 Å². The van der Waals surface area contributed by atoms with Crippen LogP contribution in [0.4, 0.5) is 0 Å². The van der Waals surface area contributed by atoms with Gasteiger partial charge >= 0.3 is 0 Å². The fourth-order valence-corrected chi connectivity index (χ4v) is 1.56. The Morgan fingerprint density at radius 3 is 2.17 bits per heavy atom. The normalized spacial score (nSPS) is 14.8. The van der Waals surface area contributed by atoms with Crippen LogP contribution in [0, 0.1) is 5.41 Å². The zero-order chi connectivity index (χ0) is 9.61. The number of hydrogen-bond acceptors (Lipinski definition) is 1. The van der Waals surface area contributed by atoms with E-state index in [4.69, 9.17) is 0 Å². The number of aliphatic hydroxyl groups excluding tert-OH is 1. The smallest absolute Gasteiger partial charge is 0.0537 e. The van der Waals surface area contributed by atoms with E-state index < -0.39 is 0 Å². The van der Waals surface area contributed by atoms with Crippen molar-refractivity contribution in [2.75, 3.05) is 0 Å². The van der Waals surface area contributed by atoms with Gasteiger partial charge in [-0.1, -0.05) is 34.1 Å². The molecule has 0 aliphatic carbocycles. The van der Waals surface area contributed by atoms with Gasteiger partial charge in [0, 0.05) is 0 Å². The number of hydrogen-bond donors (Lipinski definition) is 1. The number of aliphatic hydroxyl groups is 1. The van der Waals surface area contributed by atoms with E-state index in [-0.39, 0.29) is 6.10 Å². The molecule has 1 unspecified atom stereocenters. The molecule has 0 amide bonds. The molecule has 1 N–H and O–H groups in total. The summed E-state index contributed by atoms with van der Waals surface area (Å²) in [5, 5.41) is 9.39. The molecule has 12 heavy (non-hydrogen) atoms. The van der Waals surface area contributed by atoms with Gasteiger partial charge in [0.15, 0.2) is 0 Å². The molecular formula is C11H24O. The van der Waals surface area contributed by atoms with E-state index in [0.29, 0.717) is 5.41 Å². The second-order valence-electron chi connectivity index (χ2n) is 4.51. The van der Waals surface area contributed by atoms with Gasteiger partial charge < -0.3 is 5.11 Å². The second kappa shape index (κ2) is 5.58. The summed E-state index contributed by atoms with van der Waals surface area (Å²) in [5.74, 6) is 0. The summed E-state index contributed by atoms with van der Waals surface area (Å²) >= 11 is 0. The molecule has 0 bridgehead atoms. The zero-order valence-corrected chi connectivity index (χ0v) is 9.06. The molecule has 0 aromatic carbocycles. The maximum atomic E-state index is 9.39. The zero-order valence-electron chi connectivity index (χ0n) is 9.06. The van der Waals surface area contributed by atoms with Crippen LogP contribution >= 0.6 is 0 Å². The van der Waals surface area contributed by atoms with Crippen molar-refractivity contribution in [2.24, 2.45) is 5.41 Å². The van der Waals surface area contributed by atoms with E-state index >= 15 is 0 Å². The second-order valence-corrected chi connectivity index (χ2v) is 4.51. The summed E-state index contributed by atoms with van der Waals surface area (Å²) < 4.78 is 0. The molecule has 0 aliphatic heterocycles. The van der Waals surface area contributed by atoms with Gasteiger partial charge in [-0.2, -0.15) is 0 Å². The number of rotatable bonds is 6. The third-order valence-electron chi connectivity index (χ3n) is 2.55. The largest absolute Gasteiger partial charge is 0.393 e. The van der Waals surface area contributed by atoms with E-state index in [2.05, 4.69) is 20.8 Å². The first-order valence-corrected chi connectivity index (χ1v) is 5.20. The highest BCUT2D eigenvalue weighted by atomic mass is 16.3. The van der Waals surface area contributed by atoms with Gasteiger partial charge in [0.05, 0.1) is 6.10 Å². The summed E-state index contributed by atoms with van der Waals surface area (Å²) in [7, 11) is 0. The first kappa shape index (κ1) is 12.0. The van der Waals surface area contributed by atoms with Crippen LogP contribution in [0.1, 0.15) is 59.8 Å². The van der Waals surface area contributed by atoms with Gasteiger partial charge in [0.25, 0.3) is 0 Å². The molecule has 1 nitrogen and oxygen atoms in total. The minimum atomic E-state index is -0.0823. The van der Waals surface area contributed by atoms with Crippen molar-refractivity contribution < 1.29 is 5.11 Å². The highest BCUT2D eigenvalue weighted by Crippen LogP contribution is 2.28. The van der Waals surface area contributed by atoms with Crippen LogP contribution in [0.2, 0.25) is 0 Å². The van der Waals surface area contributed by atoms with Crippen molar-refractivity contribution >= 4 is 0 Å². The van der Waals surface area contributed by atoms with Crippen LogP contribution in [0.25, 0.3) is 0 Å². The van der Waals surface area contributed by atoms with Crippen LogP contribution in [-0.4, -0.2) is 11.2 Å². The van der Waals surface area contributed by atoms with Crippen molar-refractivity contribution in [2.45, 2.75) is 65.9 Å². The molecule has 0 spiro atoms. The summed E-state index contributed by atoms with van der Waals surface area (Å²) in [5.41, 5.74) is 0.422. The Labute approximate surface area is 77.2 Å². The SMILES string of the molecule is CCCC(C)(C)CCC(O)CC. The van der Waals surface area contributed by atoms with Crippen LogP contribution in [0.15, 0.2) is 0 Å². The molecule has 0 radical (unpaired) electrons. The Hall–Kier alpha value is -0.0400. The van der Waals surface area contributed by atoms with E-state index in [0.717, 1.165) is 19.3 Å². The average Bonchev–Trinajstić information content (AvgIpc) is 2.00. The predicted molar refractivity (Wildman–Crippen MR) is 54.2 cm³/mol. The Morgan fingerprint density at radius 1 is 1.17 bits per heavy atom. The topological polar surface area (TPSA) is 20.2 Å². The molecule has 0 fully saturated rings. The van der Waals surface area contributed by atoms with Gasteiger partial charge in [0.2, 0.25) is 0 Å². The minimum absolute atomic E-state index is 0.0823. The highest BCUT2D eigenvalue weighted by molar-refractivity contribution is 4.69. The van der Waals surface area contributed by atoms with Crippen LogP contribution in [-0.2, 0) is 0 Å². The third kappa shape index (κ3) is 5.59. The van der Waals surface area contributed by atoms with E-state index in [1.165, 1.54) is 12.8 Å². The lowest BCUT2D eigenvalue weighted by Gasteiger charge is -2.24. The maximum absolute atomic E-state index is 9.39. The van der Waals surface area contributed by atoms with E-state index in [1.54, 1.807) is 0 Å². The first-order valence-electron chi connectivity index (χ1n) is 5.20. The van der Waals surface area contributed by atoms with Crippen molar-refractivity contribution in [1.29, 1.82) is 0 Å². The Morgan fingerprint density at radius 2 is 1.75 bits per heavy atom. The van der Waals surface area contributed by atoms with Crippen LogP contribution in [0.5, 0.6) is 0 Å². The quantitative estimate of drug-likeness (QED) is 0.651. The molecule has 0 aromatic rings. The molecule has 1 heteroatoms. The summed E-state index contributed by atoms with van der Waals surface area (Å²) in [6.07, 6.45) is 5.43. The molecule has 0 aliphatic rings. The molecule has 0 heterocycles. The van der Waals surface area contributed by atoms with Gasteiger partial charge in [-0.3, -0.25) is 0 Å². The van der Waals surface area contributed by atoms with Gasteiger partial charge in [-0.25, -0.2) is 0 Å². The Balaban J connectivity index is 3.59. The van der Waals surface area contributed by atoms with Gasteiger partial charge in [-0.05, 0) is 31.1 Å². The lowest BCUT2D eigenvalue weighted by atomic mass is 9.82. The fourth-order valence-electron chi connectivity index (χ4n) is 1.56. The van der Waals surface area contributed by atoms with Crippen LogP contribution in [0.3, 0.4) is 0 Å². The summed E-state index contributed by atoms with van der Waals surface area (Å²) in [6.45, 7) is 8.84. The summed E-state index contributed by atoms with van der Waals surface area (Å²) in [6, 6.07) is 0. The Kier molecular flexibility index (Phi) is 5.56. The fraction of sp³-hybridized carbons (Fsp3) is 1.00. The van der Waals surface area contributed by atoms with Crippen molar-refractivity contribution in [1.82, 2.24) is 0 Å². The maximum Gasteiger partial charge on any atom is 0.0537 e. The molecule has 0 aromatic heterocycles. The third-order valence-corrected chi connectivity index (χ3v) is 2.55. The lowest BCUT2D eigenvalue weighted by Crippen LogP contribution is -2.15. The summed E-state index contributed by atoms with van der Waals surface area (Å²) in [4.78, 5) is 0. The Bertz CT molecular complexity index is 108.